The summed E-state index contributed by atoms with van der Waals surface area (Å²) in [6, 6.07) is 0. The molecule has 0 aliphatic carbocycles. The maximum atomic E-state index is 12.1. The molecule has 1 atom stereocenters. The van der Waals surface area contributed by atoms with Gasteiger partial charge in [0.05, 0.1) is 5.25 Å². The standard InChI is InChI=1S/C12H21NO2S2/c1-5-6-7-8-9-10(14)13(11(15)16-9)17-12(2,3)4/h9H,5-8H2,1-4H3. The molecule has 1 saturated heterocycles. The summed E-state index contributed by atoms with van der Waals surface area (Å²) >= 11 is 2.53. The van der Waals surface area contributed by atoms with E-state index >= 15 is 0 Å². The largest absolute Gasteiger partial charge is 0.299 e. The Labute approximate surface area is 112 Å². The summed E-state index contributed by atoms with van der Waals surface area (Å²) in [5.74, 6) is -0.0176. The van der Waals surface area contributed by atoms with Crippen molar-refractivity contribution in [3.63, 3.8) is 0 Å². The molecular formula is C12H21NO2S2. The van der Waals surface area contributed by atoms with Crippen molar-refractivity contribution in [3.8, 4) is 0 Å². The second-order valence-electron chi connectivity index (χ2n) is 5.20. The highest BCUT2D eigenvalue weighted by molar-refractivity contribution is 8.17. The van der Waals surface area contributed by atoms with Gasteiger partial charge in [-0.1, -0.05) is 26.2 Å². The fraction of sp³-hybridized carbons (Fsp3) is 0.833. The number of carbonyl (C=O) groups excluding carboxylic acids is 2. The van der Waals surface area contributed by atoms with E-state index < -0.39 is 0 Å². The van der Waals surface area contributed by atoms with Crippen molar-refractivity contribution in [2.45, 2.75) is 63.4 Å². The van der Waals surface area contributed by atoms with Crippen molar-refractivity contribution in [3.05, 3.63) is 0 Å². The molecule has 0 aromatic carbocycles. The number of hydrogen-bond acceptors (Lipinski definition) is 4. The average Bonchev–Trinajstić information content (AvgIpc) is 2.45. The topological polar surface area (TPSA) is 37.4 Å². The van der Waals surface area contributed by atoms with Crippen LogP contribution in [-0.4, -0.2) is 25.4 Å². The first-order chi connectivity index (χ1) is 7.85. The molecule has 1 aliphatic heterocycles. The van der Waals surface area contributed by atoms with Gasteiger partial charge in [-0.05, 0) is 50.9 Å². The van der Waals surface area contributed by atoms with Crippen LogP contribution in [-0.2, 0) is 4.79 Å². The zero-order chi connectivity index (χ0) is 13.1. The lowest BCUT2D eigenvalue weighted by atomic mass is 10.1. The van der Waals surface area contributed by atoms with E-state index in [2.05, 4.69) is 6.92 Å². The van der Waals surface area contributed by atoms with Crippen LogP contribution in [0.3, 0.4) is 0 Å². The number of carbonyl (C=O) groups is 2. The molecule has 0 spiro atoms. The zero-order valence-electron chi connectivity index (χ0n) is 11.0. The summed E-state index contributed by atoms with van der Waals surface area (Å²) in [7, 11) is 0. The highest BCUT2D eigenvalue weighted by Crippen LogP contribution is 2.39. The lowest BCUT2D eigenvalue weighted by Crippen LogP contribution is -2.29. The Bertz CT molecular complexity index is 299. The van der Waals surface area contributed by atoms with E-state index in [-0.39, 0.29) is 21.1 Å². The van der Waals surface area contributed by atoms with E-state index in [1.54, 1.807) is 0 Å². The second kappa shape index (κ2) is 6.14. The zero-order valence-corrected chi connectivity index (χ0v) is 12.6. The van der Waals surface area contributed by atoms with Gasteiger partial charge in [0.1, 0.15) is 0 Å². The van der Waals surface area contributed by atoms with Gasteiger partial charge in [-0.15, -0.1) is 0 Å². The Balaban J connectivity index is 2.53. The molecule has 0 radical (unpaired) electrons. The summed E-state index contributed by atoms with van der Waals surface area (Å²) in [6.07, 6.45) is 4.12. The quantitative estimate of drug-likeness (QED) is 0.560. The van der Waals surface area contributed by atoms with E-state index in [0.29, 0.717) is 0 Å². The third-order valence-corrected chi connectivity index (χ3v) is 4.62. The predicted molar refractivity (Wildman–Crippen MR) is 75.1 cm³/mol. The number of imide groups is 1. The molecular weight excluding hydrogens is 254 g/mol. The molecule has 98 valence electrons. The van der Waals surface area contributed by atoms with Gasteiger partial charge in [-0.3, -0.25) is 9.59 Å². The van der Waals surface area contributed by atoms with Gasteiger partial charge in [0, 0.05) is 4.75 Å². The molecule has 1 rings (SSSR count). The number of unbranched alkanes of at least 4 members (excludes halogenated alkanes) is 2. The van der Waals surface area contributed by atoms with E-state index in [0.717, 1.165) is 25.7 Å². The van der Waals surface area contributed by atoms with Gasteiger partial charge in [-0.2, -0.15) is 0 Å². The minimum atomic E-state index is -0.149. The van der Waals surface area contributed by atoms with Crippen molar-refractivity contribution >= 4 is 34.9 Å². The molecule has 0 aromatic rings. The first-order valence-electron chi connectivity index (χ1n) is 6.09. The van der Waals surface area contributed by atoms with Gasteiger partial charge in [0.15, 0.2) is 0 Å². The smallest absolute Gasteiger partial charge is 0.272 e. The maximum absolute atomic E-state index is 12.1. The number of amides is 2. The first kappa shape index (κ1) is 14.9. The molecule has 2 amide bonds. The Kier molecular flexibility index (Phi) is 5.38. The molecule has 3 nitrogen and oxygen atoms in total. The number of rotatable bonds is 5. The predicted octanol–water partition coefficient (Wildman–Crippen LogP) is 4.08. The average molecular weight is 275 g/mol. The normalized spacial score (nSPS) is 21.4. The van der Waals surface area contributed by atoms with Crippen LogP contribution in [0.15, 0.2) is 0 Å². The van der Waals surface area contributed by atoms with Crippen LogP contribution < -0.4 is 0 Å². The third kappa shape index (κ3) is 4.54. The number of nitrogens with zero attached hydrogens (tertiary/aromatic N) is 1. The number of hydrogen-bond donors (Lipinski definition) is 0. The summed E-state index contributed by atoms with van der Waals surface area (Å²) in [5, 5.41) is -0.250. The monoisotopic (exact) mass is 275 g/mol. The lowest BCUT2D eigenvalue weighted by molar-refractivity contribution is -0.123. The van der Waals surface area contributed by atoms with Gasteiger partial charge in [-0.25, -0.2) is 4.31 Å². The highest BCUT2D eigenvalue weighted by Gasteiger charge is 2.41. The van der Waals surface area contributed by atoms with Crippen LogP contribution >= 0.6 is 23.7 Å². The van der Waals surface area contributed by atoms with E-state index in [9.17, 15) is 9.59 Å². The van der Waals surface area contributed by atoms with Crippen molar-refractivity contribution in [1.82, 2.24) is 4.31 Å². The lowest BCUT2D eigenvalue weighted by Gasteiger charge is -2.22. The first-order valence-corrected chi connectivity index (χ1v) is 7.74. The second-order valence-corrected chi connectivity index (χ2v) is 8.13. The fourth-order valence-electron chi connectivity index (χ4n) is 1.56. The minimum absolute atomic E-state index is 0.0176. The summed E-state index contributed by atoms with van der Waals surface area (Å²) in [4.78, 5) is 23.8. The van der Waals surface area contributed by atoms with Gasteiger partial charge in [0.25, 0.3) is 11.1 Å². The Hall–Kier alpha value is -0.160. The third-order valence-electron chi connectivity index (χ3n) is 2.32. The van der Waals surface area contributed by atoms with E-state index in [1.165, 1.54) is 28.0 Å². The summed E-state index contributed by atoms with van der Waals surface area (Å²) in [5.41, 5.74) is 0. The minimum Gasteiger partial charge on any atom is -0.272 e. The van der Waals surface area contributed by atoms with Gasteiger partial charge in [0.2, 0.25) is 0 Å². The van der Waals surface area contributed by atoms with E-state index in [4.69, 9.17) is 0 Å². The van der Waals surface area contributed by atoms with Gasteiger partial charge >= 0.3 is 0 Å². The Morgan fingerprint density at radius 3 is 2.47 bits per heavy atom. The molecule has 1 aliphatic rings. The molecule has 0 saturated carbocycles. The van der Waals surface area contributed by atoms with Crippen LogP contribution in [0.1, 0.15) is 53.4 Å². The number of thioether (sulfide) groups is 1. The van der Waals surface area contributed by atoms with Crippen LogP contribution in [0, 0.1) is 0 Å². The van der Waals surface area contributed by atoms with Crippen LogP contribution in [0.5, 0.6) is 0 Å². The van der Waals surface area contributed by atoms with Crippen molar-refractivity contribution in [1.29, 1.82) is 0 Å². The van der Waals surface area contributed by atoms with Crippen molar-refractivity contribution < 1.29 is 9.59 Å². The summed E-state index contributed by atoms with van der Waals surface area (Å²) < 4.78 is 1.24. The molecule has 1 unspecified atom stereocenters. The molecule has 0 bridgehead atoms. The van der Waals surface area contributed by atoms with Crippen molar-refractivity contribution in [2.24, 2.45) is 0 Å². The van der Waals surface area contributed by atoms with Crippen LogP contribution in [0.2, 0.25) is 0 Å². The molecule has 17 heavy (non-hydrogen) atoms. The molecule has 1 fully saturated rings. The van der Waals surface area contributed by atoms with E-state index in [1.807, 2.05) is 20.8 Å². The fourth-order valence-corrected chi connectivity index (χ4v) is 3.63. The molecule has 0 N–H and O–H groups in total. The Morgan fingerprint density at radius 1 is 1.29 bits per heavy atom. The van der Waals surface area contributed by atoms with Crippen LogP contribution in [0.25, 0.3) is 0 Å². The van der Waals surface area contributed by atoms with Crippen molar-refractivity contribution in [2.75, 3.05) is 0 Å². The summed E-state index contributed by atoms with van der Waals surface area (Å²) in [6.45, 7) is 8.16. The molecule has 1 heterocycles. The van der Waals surface area contributed by atoms with Crippen LogP contribution in [0.4, 0.5) is 4.79 Å². The molecule has 0 aromatic heterocycles. The highest BCUT2D eigenvalue weighted by atomic mass is 32.2. The SMILES string of the molecule is CCCCCC1SC(=O)N(SC(C)(C)C)C1=O. The maximum Gasteiger partial charge on any atom is 0.299 e. The molecule has 5 heteroatoms. The van der Waals surface area contributed by atoms with Gasteiger partial charge < -0.3 is 0 Å². The Morgan fingerprint density at radius 2 is 1.94 bits per heavy atom.